The Bertz CT molecular complexity index is 675. The van der Waals surface area contributed by atoms with Crippen molar-refractivity contribution in [1.82, 2.24) is 0 Å². The fourth-order valence-electron chi connectivity index (χ4n) is 2.57. The van der Waals surface area contributed by atoms with Gasteiger partial charge in [-0.3, -0.25) is 4.90 Å². The molecule has 26 heavy (non-hydrogen) atoms. The van der Waals surface area contributed by atoms with Gasteiger partial charge >= 0.3 is 13.2 Å². The molecule has 0 aliphatic carbocycles. The van der Waals surface area contributed by atoms with E-state index in [1.165, 1.54) is 0 Å². The van der Waals surface area contributed by atoms with Crippen LogP contribution in [0.1, 0.15) is 54.0 Å². The molecule has 0 unspecified atom stereocenters. The van der Waals surface area contributed by atoms with Crippen molar-refractivity contribution in [2.75, 3.05) is 11.4 Å². The van der Waals surface area contributed by atoms with Crippen LogP contribution in [-0.2, 0) is 15.8 Å². The number of fused-ring (bicyclic) bond motifs is 1. The molecule has 0 radical (unpaired) electrons. The minimum absolute atomic E-state index is 0.371. The van der Waals surface area contributed by atoms with Crippen molar-refractivity contribution >= 4 is 24.4 Å². The lowest BCUT2D eigenvalue weighted by molar-refractivity contribution is -0.0982. The van der Waals surface area contributed by atoms with Crippen LogP contribution in [0.5, 0.6) is 0 Å². The van der Waals surface area contributed by atoms with Gasteiger partial charge in [-0.2, -0.15) is 0 Å². The minimum atomic E-state index is -1.17. The molecule has 1 amide bonds. The lowest BCUT2D eigenvalue weighted by Crippen LogP contribution is -2.53. The van der Waals surface area contributed by atoms with Crippen molar-refractivity contribution in [3.63, 3.8) is 0 Å². The van der Waals surface area contributed by atoms with Gasteiger partial charge in [-0.25, -0.2) is 4.79 Å². The zero-order chi connectivity index (χ0) is 19.9. The van der Waals surface area contributed by atoms with Crippen LogP contribution in [0.25, 0.3) is 0 Å². The van der Waals surface area contributed by atoms with Crippen LogP contribution >= 0.6 is 0 Å². The predicted molar refractivity (Wildman–Crippen MR) is 103 cm³/mol. The first-order chi connectivity index (χ1) is 11.7. The molecule has 1 aliphatic rings. The van der Waals surface area contributed by atoms with E-state index in [1.807, 2.05) is 26.8 Å². The summed E-state index contributed by atoms with van der Waals surface area (Å²) in [5, 5.41) is 20.6. The molecule has 0 aromatic heterocycles. The molecule has 0 bridgehead atoms. The molecule has 0 spiro atoms. The zero-order valence-electron chi connectivity index (χ0n) is 16.8. The highest BCUT2D eigenvalue weighted by atomic mass is 16.6. The lowest BCUT2D eigenvalue weighted by atomic mass is 9.76. The zero-order valence-corrected chi connectivity index (χ0v) is 16.8. The molecular weight excluding hydrogens is 333 g/mol. The third-order valence-corrected chi connectivity index (χ3v) is 4.78. The summed E-state index contributed by atoms with van der Waals surface area (Å²) < 4.78 is 11.1. The number of aliphatic hydroxyl groups is 1. The van der Waals surface area contributed by atoms with Gasteiger partial charge in [0.05, 0.1) is 16.9 Å². The average molecular weight is 363 g/mol. The van der Waals surface area contributed by atoms with E-state index in [1.54, 1.807) is 44.7 Å². The van der Waals surface area contributed by atoms with Crippen LogP contribution in [0.2, 0.25) is 0 Å². The van der Waals surface area contributed by atoms with Gasteiger partial charge in [0.25, 0.3) is 0 Å². The molecule has 0 atom stereocenters. The fourth-order valence-corrected chi connectivity index (χ4v) is 2.57. The number of rotatable bonds is 4. The van der Waals surface area contributed by atoms with Crippen LogP contribution in [0.15, 0.2) is 18.2 Å². The molecule has 1 aliphatic heterocycles. The van der Waals surface area contributed by atoms with E-state index < -0.39 is 23.9 Å². The van der Waals surface area contributed by atoms with Crippen molar-refractivity contribution in [1.29, 1.82) is 0 Å². The van der Waals surface area contributed by atoms with Gasteiger partial charge in [0.2, 0.25) is 0 Å². The Morgan fingerprint density at radius 1 is 1.15 bits per heavy atom. The Morgan fingerprint density at radius 2 is 1.77 bits per heavy atom. The van der Waals surface area contributed by atoms with Crippen molar-refractivity contribution in [2.45, 2.75) is 71.7 Å². The lowest BCUT2D eigenvalue weighted by Gasteiger charge is -2.38. The monoisotopic (exact) mass is 363 g/mol. The van der Waals surface area contributed by atoms with Gasteiger partial charge in [0.15, 0.2) is 0 Å². The Morgan fingerprint density at radius 3 is 2.31 bits per heavy atom. The van der Waals surface area contributed by atoms with Crippen LogP contribution in [0.4, 0.5) is 10.5 Å². The second-order valence-electron chi connectivity index (χ2n) is 8.81. The summed E-state index contributed by atoms with van der Waals surface area (Å²) in [7, 11) is -1.17. The summed E-state index contributed by atoms with van der Waals surface area (Å²) >= 11 is 0. The van der Waals surface area contributed by atoms with Gasteiger partial charge < -0.3 is 19.5 Å². The second-order valence-corrected chi connectivity index (χ2v) is 8.81. The average Bonchev–Trinajstić information content (AvgIpc) is 2.86. The van der Waals surface area contributed by atoms with Crippen molar-refractivity contribution < 1.29 is 24.3 Å². The molecule has 144 valence electrons. The number of ether oxygens (including phenoxy) is 1. The quantitative estimate of drug-likeness (QED) is 0.802. The first-order valence-corrected chi connectivity index (χ1v) is 8.93. The second kappa shape index (κ2) is 6.87. The normalized spacial score (nSPS) is 15.0. The van der Waals surface area contributed by atoms with E-state index in [9.17, 15) is 14.9 Å². The smallest absolute Gasteiger partial charge is 0.443 e. The third-order valence-electron chi connectivity index (χ3n) is 4.78. The Hall–Kier alpha value is -1.57. The number of anilines is 1. The number of carbonyl (C=O) groups excluding carboxylic acids is 1. The maximum absolute atomic E-state index is 12.3. The molecule has 2 rings (SSSR count). The Kier molecular flexibility index (Phi) is 5.48. The van der Waals surface area contributed by atoms with Gasteiger partial charge in [0, 0.05) is 6.54 Å². The molecule has 1 heterocycles. The van der Waals surface area contributed by atoms with Crippen LogP contribution < -0.4 is 10.4 Å². The minimum Gasteiger partial charge on any atom is -0.443 e. The highest BCUT2D eigenvalue weighted by molar-refractivity contribution is 6.60. The summed E-state index contributed by atoms with van der Waals surface area (Å²) in [6, 6.07) is 5.36. The van der Waals surface area contributed by atoms with Crippen LogP contribution in [-0.4, -0.2) is 46.7 Å². The third kappa shape index (κ3) is 4.58. The fraction of sp³-hybridized carbons (Fsp3) is 0.632. The number of nitrogens with zero attached hydrogens (tertiary/aromatic N) is 1. The van der Waals surface area contributed by atoms with E-state index in [4.69, 9.17) is 9.39 Å². The summed E-state index contributed by atoms with van der Waals surface area (Å²) in [5.74, 6) is 0. The topological polar surface area (TPSA) is 79.2 Å². The number of carbonyl (C=O) groups is 1. The highest BCUT2D eigenvalue weighted by Gasteiger charge is 2.40. The van der Waals surface area contributed by atoms with E-state index in [-0.39, 0.29) is 6.09 Å². The van der Waals surface area contributed by atoms with Crippen molar-refractivity contribution in [3.8, 4) is 0 Å². The van der Waals surface area contributed by atoms with Gasteiger partial charge in [0.1, 0.15) is 5.60 Å². The number of amides is 1. The molecule has 0 saturated carbocycles. The maximum Gasteiger partial charge on any atom is 0.491 e. The molecule has 0 saturated heterocycles. The van der Waals surface area contributed by atoms with Crippen LogP contribution in [0, 0.1) is 0 Å². The predicted octanol–water partition coefficient (Wildman–Crippen LogP) is 2.24. The summed E-state index contributed by atoms with van der Waals surface area (Å²) in [6.45, 7) is 12.8. The van der Waals surface area contributed by atoms with E-state index in [0.717, 1.165) is 11.3 Å². The van der Waals surface area contributed by atoms with Crippen molar-refractivity contribution in [3.05, 3.63) is 23.8 Å². The first-order valence-electron chi connectivity index (χ1n) is 8.93. The molecule has 1 aromatic rings. The number of hydrogen-bond acceptors (Lipinski definition) is 5. The maximum atomic E-state index is 12.3. The molecular formula is C19H30BNO5. The summed E-state index contributed by atoms with van der Waals surface area (Å²) in [5.41, 5.74) is -0.264. The molecule has 7 heteroatoms. The van der Waals surface area contributed by atoms with Crippen molar-refractivity contribution in [2.24, 2.45) is 0 Å². The standard InChI is InChI=1S/C19H30BNO5/c1-17(2,3)25-16(22)21-11-10-13-12-14(8-9-15(13)21)20(24)26-19(6,7)18(4,5)23/h8-9,12,23-24H,10-11H2,1-7H3. The largest absolute Gasteiger partial charge is 0.491 e. The molecule has 6 nitrogen and oxygen atoms in total. The SMILES string of the molecule is CC(C)(C)OC(=O)N1CCc2cc(B(O)OC(C)(C)C(C)(C)O)ccc21. The van der Waals surface area contributed by atoms with E-state index in [2.05, 4.69) is 0 Å². The van der Waals surface area contributed by atoms with Crippen LogP contribution in [0.3, 0.4) is 0 Å². The van der Waals surface area contributed by atoms with E-state index in [0.29, 0.717) is 18.4 Å². The summed E-state index contributed by atoms with van der Waals surface area (Å²) in [6.07, 6.45) is 0.313. The van der Waals surface area contributed by atoms with Gasteiger partial charge in [-0.15, -0.1) is 0 Å². The highest BCUT2D eigenvalue weighted by Crippen LogP contribution is 2.29. The van der Waals surface area contributed by atoms with E-state index >= 15 is 0 Å². The van der Waals surface area contributed by atoms with Gasteiger partial charge in [-0.1, -0.05) is 12.1 Å². The Labute approximate surface area is 156 Å². The molecule has 1 aromatic carbocycles. The first kappa shape index (κ1) is 20.7. The number of hydrogen-bond donors (Lipinski definition) is 2. The Balaban J connectivity index is 2.16. The molecule has 2 N–H and O–H groups in total. The molecule has 0 fully saturated rings. The summed E-state index contributed by atoms with van der Waals surface area (Å²) in [4.78, 5) is 14.0. The van der Waals surface area contributed by atoms with Gasteiger partial charge in [-0.05, 0) is 72.0 Å². The number of benzene rings is 1.